The molecule has 2 aromatic carbocycles. The number of carbonyl (C=O) groups is 2. The van der Waals surface area contributed by atoms with Crippen molar-refractivity contribution in [2.75, 3.05) is 0 Å². The standard InChI is InChI=1S/C23H17ClN2O4S/c1-12-10-14(22(28)29)6-8-16(12)19-9-7-15(30-19)11-20-21(27)26-23(31-20)25-18-5-3-4-17(24)13(18)2/h3-11H,1-2H3,(H,28,29)(H,25,26,27)/b20-11-. The summed E-state index contributed by atoms with van der Waals surface area (Å²) in [7, 11) is 0. The minimum atomic E-state index is -0.978. The summed E-state index contributed by atoms with van der Waals surface area (Å²) in [5.74, 6) is -0.139. The highest BCUT2D eigenvalue weighted by Crippen LogP contribution is 2.32. The molecule has 2 N–H and O–H groups in total. The third-order valence-corrected chi connectivity index (χ3v) is 6.07. The van der Waals surface area contributed by atoms with Crippen molar-refractivity contribution in [2.45, 2.75) is 13.8 Å². The number of aromatic carboxylic acids is 1. The SMILES string of the molecule is Cc1cc(C(=O)O)ccc1-c1ccc(/C=C2\SC(=Nc3cccc(Cl)c3C)NC2=O)o1. The zero-order chi connectivity index (χ0) is 22.1. The number of hydrogen-bond acceptors (Lipinski definition) is 5. The Morgan fingerprint density at radius 1 is 1.19 bits per heavy atom. The second kappa shape index (κ2) is 8.45. The number of halogens is 1. The van der Waals surface area contributed by atoms with E-state index in [-0.39, 0.29) is 11.5 Å². The van der Waals surface area contributed by atoms with E-state index in [0.717, 1.165) is 16.7 Å². The minimum Gasteiger partial charge on any atom is -0.478 e. The van der Waals surface area contributed by atoms with Gasteiger partial charge in [0, 0.05) is 16.7 Å². The molecule has 6 nitrogen and oxygen atoms in total. The summed E-state index contributed by atoms with van der Waals surface area (Å²) >= 11 is 7.35. The van der Waals surface area contributed by atoms with Gasteiger partial charge < -0.3 is 14.8 Å². The number of amides is 1. The number of aliphatic imine (C=N–C) groups is 1. The second-order valence-corrected chi connectivity index (χ2v) is 8.34. The van der Waals surface area contributed by atoms with Crippen LogP contribution in [0.3, 0.4) is 0 Å². The molecule has 1 fully saturated rings. The fourth-order valence-corrected chi connectivity index (χ4v) is 4.07. The fourth-order valence-electron chi connectivity index (χ4n) is 3.08. The van der Waals surface area contributed by atoms with E-state index in [1.807, 2.05) is 26.0 Å². The van der Waals surface area contributed by atoms with Crippen molar-refractivity contribution in [3.63, 3.8) is 0 Å². The van der Waals surface area contributed by atoms with Gasteiger partial charge in [-0.15, -0.1) is 0 Å². The van der Waals surface area contributed by atoms with Crippen molar-refractivity contribution in [3.05, 3.63) is 80.9 Å². The van der Waals surface area contributed by atoms with Crippen molar-refractivity contribution in [3.8, 4) is 11.3 Å². The van der Waals surface area contributed by atoms with Crippen molar-refractivity contribution in [1.29, 1.82) is 0 Å². The quantitative estimate of drug-likeness (QED) is 0.487. The van der Waals surface area contributed by atoms with Crippen LogP contribution in [-0.2, 0) is 4.79 Å². The predicted molar refractivity (Wildman–Crippen MR) is 123 cm³/mol. The summed E-state index contributed by atoms with van der Waals surface area (Å²) in [5, 5.41) is 12.9. The molecule has 1 aliphatic rings. The van der Waals surface area contributed by atoms with Gasteiger partial charge in [0.15, 0.2) is 5.17 Å². The van der Waals surface area contributed by atoms with Crippen molar-refractivity contribution >= 4 is 52.2 Å². The molecule has 0 bridgehead atoms. The van der Waals surface area contributed by atoms with Gasteiger partial charge in [0.05, 0.1) is 16.2 Å². The van der Waals surface area contributed by atoms with Crippen LogP contribution in [0, 0.1) is 13.8 Å². The number of thioether (sulfide) groups is 1. The lowest BCUT2D eigenvalue weighted by molar-refractivity contribution is -0.115. The number of carboxylic acid groups (broad SMARTS) is 1. The number of furan rings is 1. The zero-order valence-corrected chi connectivity index (χ0v) is 18.2. The van der Waals surface area contributed by atoms with Gasteiger partial charge in [-0.3, -0.25) is 4.79 Å². The highest BCUT2D eigenvalue weighted by molar-refractivity contribution is 8.18. The topological polar surface area (TPSA) is 91.9 Å². The largest absolute Gasteiger partial charge is 0.478 e. The molecule has 2 heterocycles. The van der Waals surface area contributed by atoms with Gasteiger partial charge >= 0.3 is 5.97 Å². The number of rotatable bonds is 4. The van der Waals surface area contributed by atoms with Crippen LogP contribution >= 0.6 is 23.4 Å². The number of nitrogens with zero attached hydrogens (tertiary/aromatic N) is 1. The Kier molecular flexibility index (Phi) is 5.71. The molecule has 0 unspecified atom stereocenters. The molecule has 1 amide bonds. The average molecular weight is 453 g/mol. The first-order chi connectivity index (χ1) is 14.8. The summed E-state index contributed by atoms with van der Waals surface area (Å²) in [4.78, 5) is 28.4. The lowest BCUT2D eigenvalue weighted by Crippen LogP contribution is -2.19. The highest BCUT2D eigenvalue weighted by atomic mass is 35.5. The van der Waals surface area contributed by atoms with Gasteiger partial charge in [-0.1, -0.05) is 23.7 Å². The Hall–Kier alpha value is -3.29. The normalized spacial score (nSPS) is 16.2. The molecule has 1 aliphatic heterocycles. The summed E-state index contributed by atoms with van der Waals surface area (Å²) in [6, 6.07) is 13.8. The number of hydrogen-bond donors (Lipinski definition) is 2. The van der Waals surface area contributed by atoms with Crippen LogP contribution < -0.4 is 5.32 Å². The molecule has 4 rings (SSSR count). The Morgan fingerprint density at radius 2 is 2.00 bits per heavy atom. The third-order valence-electron chi connectivity index (χ3n) is 4.75. The zero-order valence-electron chi connectivity index (χ0n) is 16.6. The van der Waals surface area contributed by atoms with Gasteiger partial charge in [0.25, 0.3) is 5.91 Å². The summed E-state index contributed by atoms with van der Waals surface area (Å²) in [6.45, 7) is 3.69. The van der Waals surface area contributed by atoms with Crippen LogP contribution in [0.25, 0.3) is 17.4 Å². The number of aryl methyl sites for hydroxylation is 1. The lowest BCUT2D eigenvalue weighted by atomic mass is 10.0. The van der Waals surface area contributed by atoms with Crippen LogP contribution in [0.15, 0.2) is 62.8 Å². The number of carbonyl (C=O) groups excluding carboxylic acids is 1. The van der Waals surface area contributed by atoms with E-state index in [1.54, 1.807) is 36.4 Å². The predicted octanol–water partition coefficient (Wildman–Crippen LogP) is 5.81. The molecule has 0 aliphatic carbocycles. The Bertz CT molecular complexity index is 1280. The van der Waals surface area contributed by atoms with E-state index >= 15 is 0 Å². The van der Waals surface area contributed by atoms with Crippen LogP contribution in [-0.4, -0.2) is 22.2 Å². The van der Waals surface area contributed by atoms with Crippen LogP contribution in [0.2, 0.25) is 5.02 Å². The van der Waals surface area contributed by atoms with Crippen molar-refractivity contribution < 1.29 is 19.1 Å². The number of benzene rings is 2. The van der Waals surface area contributed by atoms with Gasteiger partial charge in [-0.05, 0) is 73.1 Å². The Labute approximate surface area is 187 Å². The van der Waals surface area contributed by atoms with Crippen molar-refractivity contribution in [1.82, 2.24) is 5.32 Å². The minimum absolute atomic E-state index is 0.218. The Balaban J connectivity index is 1.57. The van der Waals surface area contributed by atoms with E-state index in [2.05, 4.69) is 10.3 Å². The number of carboxylic acids is 1. The van der Waals surface area contributed by atoms with Gasteiger partial charge in [0.2, 0.25) is 0 Å². The maximum Gasteiger partial charge on any atom is 0.335 e. The molecular formula is C23H17ClN2O4S. The lowest BCUT2D eigenvalue weighted by Gasteiger charge is -2.04. The molecule has 0 saturated carbocycles. The smallest absolute Gasteiger partial charge is 0.335 e. The maximum atomic E-state index is 12.4. The molecule has 1 saturated heterocycles. The number of amidine groups is 1. The Morgan fingerprint density at radius 3 is 2.74 bits per heavy atom. The molecule has 3 aromatic rings. The average Bonchev–Trinajstić information content (AvgIpc) is 3.32. The summed E-state index contributed by atoms with van der Waals surface area (Å²) < 4.78 is 5.88. The van der Waals surface area contributed by atoms with Gasteiger partial charge in [0.1, 0.15) is 11.5 Å². The fraction of sp³-hybridized carbons (Fsp3) is 0.0870. The highest BCUT2D eigenvalue weighted by Gasteiger charge is 2.24. The van der Waals surface area contributed by atoms with Crippen LogP contribution in [0.5, 0.6) is 0 Å². The second-order valence-electron chi connectivity index (χ2n) is 6.90. The van der Waals surface area contributed by atoms with E-state index in [1.165, 1.54) is 17.8 Å². The van der Waals surface area contributed by atoms with Crippen LogP contribution in [0.1, 0.15) is 27.2 Å². The van der Waals surface area contributed by atoms with Gasteiger partial charge in [-0.25, -0.2) is 9.79 Å². The van der Waals surface area contributed by atoms with Crippen molar-refractivity contribution in [2.24, 2.45) is 4.99 Å². The summed E-state index contributed by atoms with van der Waals surface area (Å²) in [6.07, 6.45) is 1.65. The van der Waals surface area contributed by atoms with Gasteiger partial charge in [-0.2, -0.15) is 0 Å². The molecule has 31 heavy (non-hydrogen) atoms. The molecule has 0 atom stereocenters. The first-order valence-corrected chi connectivity index (χ1v) is 10.5. The molecular weight excluding hydrogens is 436 g/mol. The molecule has 156 valence electrons. The van der Waals surface area contributed by atoms with Crippen LogP contribution in [0.4, 0.5) is 5.69 Å². The van der Waals surface area contributed by atoms with E-state index in [9.17, 15) is 9.59 Å². The monoisotopic (exact) mass is 452 g/mol. The molecule has 1 aromatic heterocycles. The van der Waals surface area contributed by atoms with E-state index < -0.39 is 5.97 Å². The third kappa shape index (κ3) is 4.42. The van der Waals surface area contributed by atoms with E-state index in [0.29, 0.717) is 32.3 Å². The molecule has 8 heteroatoms. The summed E-state index contributed by atoms with van der Waals surface area (Å²) in [5.41, 5.74) is 3.32. The number of nitrogens with one attached hydrogen (secondary N) is 1. The van der Waals surface area contributed by atoms with E-state index in [4.69, 9.17) is 21.1 Å². The first kappa shape index (κ1) is 21.0. The molecule has 0 spiro atoms. The molecule has 0 radical (unpaired) electrons. The first-order valence-electron chi connectivity index (χ1n) is 9.30. The maximum absolute atomic E-state index is 12.4.